The van der Waals surface area contributed by atoms with Gasteiger partial charge >= 0.3 is 5.97 Å². The van der Waals surface area contributed by atoms with Crippen molar-refractivity contribution in [2.75, 3.05) is 11.9 Å². The van der Waals surface area contributed by atoms with E-state index in [4.69, 9.17) is 16.9 Å². The van der Waals surface area contributed by atoms with Crippen molar-refractivity contribution in [3.05, 3.63) is 68.2 Å². The molecule has 0 aromatic heterocycles. The summed E-state index contributed by atoms with van der Waals surface area (Å²) in [6, 6.07) is 5.98. The second-order valence-corrected chi connectivity index (χ2v) is 5.38. The summed E-state index contributed by atoms with van der Waals surface area (Å²) in [5, 5.41) is 21.5. The molecular formula is C16H8ClF2N3O5. The molecule has 0 aliphatic heterocycles. The van der Waals surface area contributed by atoms with E-state index in [-0.39, 0.29) is 16.9 Å². The standard InChI is InChI=1S/C16H8ClF2N3O5/c17-11-5-13(19)12(18)4-10(11)16(24)27-7-15(23)21-14-2-1-9(22(25)26)3-8(14)6-20/h1-5H,7H2,(H,21,23). The molecule has 0 saturated heterocycles. The van der Waals surface area contributed by atoms with Crippen molar-refractivity contribution >= 4 is 34.9 Å². The Kier molecular flexibility index (Phi) is 5.99. The lowest BCUT2D eigenvalue weighted by Gasteiger charge is -2.09. The van der Waals surface area contributed by atoms with Crippen LogP contribution in [0.2, 0.25) is 5.02 Å². The van der Waals surface area contributed by atoms with Crippen LogP contribution in [0.15, 0.2) is 30.3 Å². The van der Waals surface area contributed by atoms with E-state index in [0.717, 1.165) is 18.2 Å². The summed E-state index contributed by atoms with van der Waals surface area (Å²) in [5.74, 6) is -4.61. The first-order valence-corrected chi connectivity index (χ1v) is 7.40. The zero-order valence-electron chi connectivity index (χ0n) is 13.2. The molecule has 0 aliphatic rings. The minimum atomic E-state index is -1.32. The molecule has 0 aliphatic carbocycles. The third kappa shape index (κ3) is 4.74. The summed E-state index contributed by atoms with van der Waals surface area (Å²) in [7, 11) is 0. The predicted molar refractivity (Wildman–Crippen MR) is 88.1 cm³/mol. The Morgan fingerprint density at radius 1 is 1.26 bits per heavy atom. The SMILES string of the molecule is N#Cc1cc([N+](=O)[O-])ccc1NC(=O)COC(=O)c1cc(F)c(F)cc1Cl. The second-order valence-electron chi connectivity index (χ2n) is 4.97. The van der Waals surface area contributed by atoms with Gasteiger partial charge in [0.1, 0.15) is 6.07 Å². The normalized spacial score (nSPS) is 10.0. The van der Waals surface area contributed by atoms with Crippen molar-refractivity contribution < 1.29 is 28.0 Å². The largest absolute Gasteiger partial charge is 0.452 e. The molecule has 0 spiro atoms. The molecule has 11 heteroatoms. The maximum Gasteiger partial charge on any atom is 0.340 e. The van der Waals surface area contributed by atoms with Crippen LogP contribution in [0, 0.1) is 33.1 Å². The number of carbonyl (C=O) groups is 2. The van der Waals surface area contributed by atoms with Crippen LogP contribution < -0.4 is 5.32 Å². The van der Waals surface area contributed by atoms with Crippen molar-refractivity contribution in [3.8, 4) is 6.07 Å². The summed E-state index contributed by atoms with van der Waals surface area (Å²) in [6.45, 7) is -0.823. The molecule has 8 nitrogen and oxygen atoms in total. The summed E-state index contributed by atoms with van der Waals surface area (Å²) >= 11 is 5.62. The number of nitriles is 1. The van der Waals surface area contributed by atoms with E-state index in [2.05, 4.69) is 10.1 Å². The van der Waals surface area contributed by atoms with Gasteiger partial charge in [-0.1, -0.05) is 11.6 Å². The number of anilines is 1. The number of ether oxygens (including phenoxy) is 1. The monoisotopic (exact) mass is 395 g/mol. The number of halogens is 3. The molecule has 0 fully saturated rings. The number of rotatable bonds is 5. The van der Waals surface area contributed by atoms with Gasteiger partial charge in [-0.3, -0.25) is 14.9 Å². The average molecular weight is 396 g/mol. The number of hydrogen-bond acceptors (Lipinski definition) is 6. The highest BCUT2D eigenvalue weighted by Gasteiger charge is 2.18. The highest BCUT2D eigenvalue weighted by Crippen LogP contribution is 2.22. The van der Waals surface area contributed by atoms with Gasteiger partial charge in [-0.2, -0.15) is 5.26 Å². The van der Waals surface area contributed by atoms with Crippen molar-refractivity contribution in [3.63, 3.8) is 0 Å². The van der Waals surface area contributed by atoms with E-state index in [1.54, 1.807) is 6.07 Å². The zero-order chi connectivity index (χ0) is 20.1. The van der Waals surface area contributed by atoms with Crippen LogP contribution in [-0.4, -0.2) is 23.4 Å². The molecular weight excluding hydrogens is 388 g/mol. The van der Waals surface area contributed by atoms with Gasteiger partial charge < -0.3 is 10.1 Å². The second kappa shape index (κ2) is 8.20. The maximum absolute atomic E-state index is 13.2. The molecule has 2 rings (SSSR count). The predicted octanol–water partition coefficient (Wildman–Crippen LogP) is 3.19. The molecule has 1 N–H and O–H groups in total. The van der Waals surface area contributed by atoms with Gasteiger partial charge in [0.15, 0.2) is 18.2 Å². The van der Waals surface area contributed by atoms with Crippen LogP contribution in [0.1, 0.15) is 15.9 Å². The van der Waals surface area contributed by atoms with Crippen molar-refractivity contribution in [1.82, 2.24) is 0 Å². The van der Waals surface area contributed by atoms with Crippen LogP contribution in [-0.2, 0) is 9.53 Å². The Bertz CT molecular complexity index is 991. The molecule has 0 unspecified atom stereocenters. The highest BCUT2D eigenvalue weighted by atomic mass is 35.5. The Hall–Kier alpha value is -3.58. The smallest absolute Gasteiger partial charge is 0.340 e. The number of nitro benzene ring substituents is 1. The Morgan fingerprint density at radius 2 is 1.93 bits per heavy atom. The van der Waals surface area contributed by atoms with Crippen LogP contribution in [0.3, 0.4) is 0 Å². The van der Waals surface area contributed by atoms with E-state index in [9.17, 15) is 28.5 Å². The quantitative estimate of drug-likeness (QED) is 0.359. The van der Waals surface area contributed by atoms with Crippen LogP contribution in [0.4, 0.5) is 20.2 Å². The molecule has 0 radical (unpaired) electrons. The number of amides is 1. The number of carbonyl (C=O) groups excluding carboxylic acids is 2. The van der Waals surface area contributed by atoms with Gasteiger partial charge in [-0.15, -0.1) is 0 Å². The minimum absolute atomic E-state index is 0.0324. The number of benzene rings is 2. The highest BCUT2D eigenvalue weighted by molar-refractivity contribution is 6.33. The fourth-order valence-corrected chi connectivity index (χ4v) is 2.15. The summed E-state index contributed by atoms with van der Waals surface area (Å²) in [4.78, 5) is 33.6. The Morgan fingerprint density at radius 3 is 2.56 bits per heavy atom. The maximum atomic E-state index is 13.2. The minimum Gasteiger partial charge on any atom is -0.452 e. The van der Waals surface area contributed by atoms with E-state index >= 15 is 0 Å². The van der Waals surface area contributed by atoms with E-state index < -0.39 is 45.6 Å². The van der Waals surface area contributed by atoms with E-state index in [1.807, 2.05) is 0 Å². The van der Waals surface area contributed by atoms with Crippen LogP contribution in [0.25, 0.3) is 0 Å². The summed E-state index contributed by atoms with van der Waals surface area (Å²) in [5.41, 5.74) is -1.03. The van der Waals surface area contributed by atoms with Gasteiger partial charge in [-0.25, -0.2) is 13.6 Å². The van der Waals surface area contributed by atoms with Gasteiger partial charge in [0.05, 0.1) is 26.8 Å². The third-order valence-electron chi connectivity index (χ3n) is 3.17. The number of esters is 1. The average Bonchev–Trinajstić information content (AvgIpc) is 2.62. The van der Waals surface area contributed by atoms with E-state index in [1.165, 1.54) is 0 Å². The Balaban J connectivity index is 2.05. The van der Waals surface area contributed by atoms with Crippen LogP contribution >= 0.6 is 11.6 Å². The first-order chi connectivity index (χ1) is 12.7. The molecule has 138 valence electrons. The molecule has 0 heterocycles. The van der Waals surface area contributed by atoms with Crippen LogP contribution in [0.5, 0.6) is 0 Å². The van der Waals surface area contributed by atoms with Crippen molar-refractivity contribution in [2.24, 2.45) is 0 Å². The van der Waals surface area contributed by atoms with Gasteiger partial charge in [0, 0.05) is 12.1 Å². The third-order valence-corrected chi connectivity index (χ3v) is 3.49. The lowest BCUT2D eigenvalue weighted by Crippen LogP contribution is -2.21. The number of non-ortho nitro benzene ring substituents is 1. The summed E-state index contributed by atoms with van der Waals surface area (Å²) in [6.07, 6.45) is 0. The molecule has 0 bridgehead atoms. The first kappa shape index (κ1) is 19.7. The first-order valence-electron chi connectivity index (χ1n) is 7.03. The van der Waals surface area contributed by atoms with Crippen molar-refractivity contribution in [2.45, 2.75) is 0 Å². The zero-order valence-corrected chi connectivity index (χ0v) is 13.9. The lowest BCUT2D eigenvalue weighted by atomic mass is 10.1. The Labute approximate surface area is 155 Å². The number of nitrogens with zero attached hydrogens (tertiary/aromatic N) is 2. The topological polar surface area (TPSA) is 122 Å². The molecule has 27 heavy (non-hydrogen) atoms. The van der Waals surface area contributed by atoms with E-state index in [0.29, 0.717) is 12.1 Å². The number of hydrogen-bond donors (Lipinski definition) is 1. The number of nitro groups is 1. The fraction of sp³-hybridized carbons (Fsp3) is 0.0625. The fourth-order valence-electron chi connectivity index (χ4n) is 1.92. The van der Waals surface area contributed by atoms with Gasteiger partial charge in [0.25, 0.3) is 11.6 Å². The molecule has 0 atom stereocenters. The van der Waals surface area contributed by atoms with Crippen molar-refractivity contribution in [1.29, 1.82) is 5.26 Å². The van der Waals surface area contributed by atoms with Gasteiger partial charge in [0.2, 0.25) is 0 Å². The number of nitrogens with one attached hydrogen (secondary N) is 1. The molecule has 2 aromatic carbocycles. The van der Waals surface area contributed by atoms with Gasteiger partial charge in [-0.05, 0) is 18.2 Å². The molecule has 2 aromatic rings. The molecule has 1 amide bonds. The summed E-state index contributed by atoms with van der Waals surface area (Å²) < 4.78 is 30.8. The molecule has 0 saturated carbocycles. The lowest BCUT2D eigenvalue weighted by molar-refractivity contribution is -0.384.